The Morgan fingerprint density at radius 3 is 2.43 bits per heavy atom. The minimum atomic E-state index is -4.72. The topological polar surface area (TPSA) is 46.9 Å². The van der Waals surface area contributed by atoms with E-state index in [1.807, 2.05) is 0 Å². The van der Waals surface area contributed by atoms with Gasteiger partial charge in [0.15, 0.2) is 0 Å². The van der Waals surface area contributed by atoms with Crippen molar-refractivity contribution in [2.75, 3.05) is 5.32 Å². The second-order valence-electron chi connectivity index (χ2n) is 5.92. The maximum Gasteiger partial charge on any atom is 0.417 e. The Kier molecular flexibility index (Phi) is 5.30. The van der Waals surface area contributed by atoms with Crippen molar-refractivity contribution in [2.45, 2.75) is 13.1 Å². The summed E-state index contributed by atoms with van der Waals surface area (Å²) in [5.74, 6) is -1.10. The van der Waals surface area contributed by atoms with E-state index < -0.39 is 23.5 Å². The van der Waals surface area contributed by atoms with E-state index in [1.54, 1.807) is 19.2 Å². The third kappa shape index (κ3) is 4.28. The largest absolute Gasteiger partial charge is 0.417 e. The van der Waals surface area contributed by atoms with Crippen molar-refractivity contribution < 1.29 is 22.4 Å². The van der Waals surface area contributed by atoms with Gasteiger partial charge >= 0.3 is 6.18 Å². The molecule has 3 rings (SSSR count). The molecule has 1 aromatic heterocycles. The molecule has 0 saturated carbocycles. The predicted molar refractivity (Wildman–Crippen MR) is 97.4 cm³/mol. The van der Waals surface area contributed by atoms with E-state index >= 15 is 0 Å². The fourth-order valence-corrected chi connectivity index (χ4v) is 2.67. The third-order valence-corrected chi connectivity index (χ3v) is 3.97. The van der Waals surface area contributed by atoms with Crippen LogP contribution in [0.15, 0.2) is 67.0 Å². The van der Waals surface area contributed by atoms with Crippen molar-refractivity contribution >= 4 is 17.2 Å². The number of carbonyl (C=O) groups excluding carboxylic acids is 1. The number of hydrogen-bond acceptors (Lipinski definition) is 2. The van der Waals surface area contributed by atoms with Crippen molar-refractivity contribution in [3.8, 4) is 5.69 Å². The Morgan fingerprint density at radius 2 is 1.86 bits per heavy atom. The zero-order valence-electron chi connectivity index (χ0n) is 14.7. The molecule has 3 aromatic rings. The molecule has 0 aliphatic carbocycles. The summed E-state index contributed by atoms with van der Waals surface area (Å²) in [7, 11) is 0. The average molecular weight is 389 g/mol. The zero-order chi connectivity index (χ0) is 20.3. The summed E-state index contributed by atoms with van der Waals surface area (Å²) in [6, 6.07) is 10.8. The van der Waals surface area contributed by atoms with E-state index in [9.17, 15) is 22.4 Å². The number of benzene rings is 2. The molecule has 1 amide bonds. The number of allylic oxidation sites excluding steroid dienone is 1. The van der Waals surface area contributed by atoms with Crippen LogP contribution < -0.4 is 5.32 Å². The first-order valence-corrected chi connectivity index (χ1v) is 8.21. The Balaban J connectivity index is 1.85. The number of carbonyl (C=O) groups is 1. The number of alkyl halides is 3. The van der Waals surface area contributed by atoms with Gasteiger partial charge < -0.3 is 9.88 Å². The molecule has 0 radical (unpaired) electrons. The minimum Gasteiger partial charge on any atom is -0.322 e. The number of nitrogens with one attached hydrogen (secondary N) is 1. The van der Waals surface area contributed by atoms with E-state index in [0.29, 0.717) is 11.9 Å². The van der Waals surface area contributed by atoms with Crippen molar-refractivity contribution in [1.29, 1.82) is 0 Å². The average Bonchev–Trinajstić information content (AvgIpc) is 3.05. The summed E-state index contributed by atoms with van der Waals surface area (Å²) in [4.78, 5) is 16.1. The van der Waals surface area contributed by atoms with Crippen LogP contribution in [0.2, 0.25) is 0 Å². The molecule has 8 heteroatoms. The molecule has 1 heterocycles. The van der Waals surface area contributed by atoms with Crippen molar-refractivity contribution in [2.24, 2.45) is 0 Å². The van der Waals surface area contributed by atoms with Gasteiger partial charge in [-0.2, -0.15) is 13.2 Å². The molecule has 2 aromatic carbocycles. The zero-order valence-corrected chi connectivity index (χ0v) is 14.7. The molecule has 0 saturated heterocycles. The smallest absolute Gasteiger partial charge is 0.322 e. The summed E-state index contributed by atoms with van der Waals surface area (Å²) in [6.45, 7) is 1.70. The van der Waals surface area contributed by atoms with E-state index in [0.717, 1.165) is 6.07 Å². The molecular weight excluding hydrogens is 374 g/mol. The number of anilines is 1. The van der Waals surface area contributed by atoms with Crippen molar-refractivity contribution in [3.05, 3.63) is 84.2 Å². The van der Waals surface area contributed by atoms with E-state index in [2.05, 4.69) is 10.3 Å². The maximum absolute atomic E-state index is 14.4. The molecule has 0 fully saturated rings. The number of halogens is 4. The number of aryl methyl sites for hydroxylation is 1. The molecule has 0 atom stereocenters. The van der Waals surface area contributed by atoms with Gasteiger partial charge in [0.1, 0.15) is 11.6 Å². The highest BCUT2D eigenvalue weighted by molar-refractivity contribution is 6.04. The van der Waals surface area contributed by atoms with Gasteiger partial charge in [0.25, 0.3) is 0 Å². The molecule has 28 heavy (non-hydrogen) atoms. The van der Waals surface area contributed by atoms with Crippen LogP contribution in [0, 0.1) is 12.7 Å². The number of nitrogens with zero attached hydrogens (tertiary/aromatic N) is 2. The van der Waals surface area contributed by atoms with E-state index in [4.69, 9.17) is 0 Å². The van der Waals surface area contributed by atoms with Crippen LogP contribution >= 0.6 is 0 Å². The SMILES string of the molecule is Cc1nccn1-c1ccc(NC(=O)/C=C(/c2ccccc2)C(F)(F)F)cc1F. The number of rotatable bonds is 4. The van der Waals surface area contributed by atoms with Crippen LogP contribution in [0.4, 0.5) is 23.2 Å². The Hall–Kier alpha value is -3.42. The summed E-state index contributed by atoms with van der Waals surface area (Å²) >= 11 is 0. The highest BCUT2D eigenvalue weighted by Crippen LogP contribution is 2.33. The summed E-state index contributed by atoms with van der Waals surface area (Å²) in [5.41, 5.74) is -0.974. The second kappa shape index (κ2) is 7.67. The number of aromatic nitrogens is 2. The van der Waals surface area contributed by atoms with Crippen LogP contribution in [-0.4, -0.2) is 21.6 Å². The van der Waals surface area contributed by atoms with Crippen LogP contribution in [0.1, 0.15) is 11.4 Å². The van der Waals surface area contributed by atoms with Gasteiger partial charge in [-0.1, -0.05) is 30.3 Å². The van der Waals surface area contributed by atoms with Crippen molar-refractivity contribution in [1.82, 2.24) is 9.55 Å². The predicted octanol–water partition coefficient (Wildman–Crippen LogP) is 4.90. The van der Waals surface area contributed by atoms with Crippen LogP contribution in [0.25, 0.3) is 11.3 Å². The van der Waals surface area contributed by atoms with Gasteiger partial charge in [-0.25, -0.2) is 9.37 Å². The number of hydrogen-bond donors (Lipinski definition) is 1. The lowest BCUT2D eigenvalue weighted by Crippen LogP contribution is -2.16. The second-order valence-corrected chi connectivity index (χ2v) is 5.92. The Labute approximate surface area is 158 Å². The fraction of sp³-hybridized carbons (Fsp3) is 0.100. The molecule has 1 N–H and O–H groups in total. The molecule has 0 aliphatic heterocycles. The first kappa shape index (κ1) is 19.3. The van der Waals surface area contributed by atoms with Crippen molar-refractivity contribution in [3.63, 3.8) is 0 Å². The Morgan fingerprint density at radius 1 is 1.14 bits per heavy atom. The maximum atomic E-state index is 14.4. The van der Waals surface area contributed by atoms with Crippen LogP contribution in [0.3, 0.4) is 0 Å². The lowest BCUT2D eigenvalue weighted by Gasteiger charge is -2.12. The molecule has 0 spiro atoms. The molecule has 0 bridgehead atoms. The fourth-order valence-electron chi connectivity index (χ4n) is 2.67. The van der Waals surface area contributed by atoms with Crippen LogP contribution in [-0.2, 0) is 4.79 Å². The molecule has 144 valence electrons. The number of imidazole rings is 1. The molecule has 4 nitrogen and oxygen atoms in total. The standard InChI is InChI=1S/C20H15F4N3O/c1-13-25-9-10-27(13)18-8-7-15(11-17(18)21)26-19(28)12-16(20(22,23)24)14-5-3-2-4-6-14/h2-12H,1H3,(H,26,28)/b16-12-. The first-order chi connectivity index (χ1) is 13.3. The van der Waals surface area contributed by atoms with E-state index in [1.165, 1.54) is 47.2 Å². The summed E-state index contributed by atoms with van der Waals surface area (Å²) in [6.07, 6.45) is -1.17. The van der Waals surface area contributed by atoms with E-state index in [-0.39, 0.29) is 16.9 Å². The first-order valence-electron chi connectivity index (χ1n) is 8.21. The summed E-state index contributed by atoms with van der Waals surface area (Å²) in [5, 5.41) is 2.26. The Bertz CT molecular complexity index is 1020. The molecule has 0 unspecified atom stereocenters. The molecular formula is C20H15F4N3O. The quantitative estimate of drug-likeness (QED) is 0.509. The highest BCUT2D eigenvalue weighted by Gasteiger charge is 2.35. The van der Waals surface area contributed by atoms with Gasteiger partial charge in [-0.3, -0.25) is 4.79 Å². The normalized spacial score (nSPS) is 12.1. The third-order valence-electron chi connectivity index (χ3n) is 3.97. The van der Waals surface area contributed by atoms with Gasteiger partial charge in [-0.05, 0) is 30.7 Å². The van der Waals surface area contributed by atoms with Crippen LogP contribution in [0.5, 0.6) is 0 Å². The van der Waals surface area contributed by atoms with Gasteiger partial charge in [0, 0.05) is 24.2 Å². The number of amides is 1. The highest BCUT2D eigenvalue weighted by atomic mass is 19.4. The monoisotopic (exact) mass is 389 g/mol. The minimum absolute atomic E-state index is 0.0369. The van der Waals surface area contributed by atoms with Gasteiger partial charge in [-0.15, -0.1) is 0 Å². The molecule has 0 aliphatic rings. The summed E-state index contributed by atoms with van der Waals surface area (Å²) < 4.78 is 55.8. The van der Waals surface area contributed by atoms with Gasteiger partial charge in [0.05, 0.1) is 11.3 Å². The lowest BCUT2D eigenvalue weighted by atomic mass is 10.1. The lowest BCUT2D eigenvalue weighted by molar-refractivity contribution is -0.112. The van der Waals surface area contributed by atoms with Gasteiger partial charge in [0.2, 0.25) is 5.91 Å².